The van der Waals surface area contributed by atoms with Crippen LogP contribution < -0.4 is 0 Å². The van der Waals surface area contributed by atoms with Gasteiger partial charge in [0.15, 0.2) is 0 Å². The molecule has 5 heteroatoms. The zero-order chi connectivity index (χ0) is 19.6. The van der Waals surface area contributed by atoms with Crippen LogP contribution in [-0.4, -0.2) is 23.3 Å². The largest absolute Gasteiger partial charge is 0.463 e. The van der Waals surface area contributed by atoms with Gasteiger partial charge in [0.25, 0.3) is 6.08 Å². The fraction of sp³-hybridized carbons (Fsp3) is 0.864. The van der Waals surface area contributed by atoms with Gasteiger partial charge in [-0.2, -0.15) is 8.78 Å². The van der Waals surface area contributed by atoms with Gasteiger partial charge in [0.05, 0.1) is 6.10 Å². The van der Waals surface area contributed by atoms with Crippen LogP contribution in [0.1, 0.15) is 72.1 Å². The van der Waals surface area contributed by atoms with E-state index in [0.717, 1.165) is 38.5 Å². The van der Waals surface area contributed by atoms with Gasteiger partial charge in [-0.15, -0.1) is 0 Å². The first-order valence-electron chi connectivity index (χ1n) is 10.6. The van der Waals surface area contributed by atoms with Crippen molar-refractivity contribution in [1.29, 1.82) is 0 Å². The number of ether oxygens (including phenoxy) is 1. The molecule has 4 rings (SSSR count). The number of carbonyl (C=O) groups is 1. The average molecular weight is 382 g/mol. The number of hydrogen-bond acceptors (Lipinski definition) is 3. The lowest BCUT2D eigenvalue weighted by Crippen LogP contribution is -2.58. The van der Waals surface area contributed by atoms with Gasteiger partial charge in [0.2, 0.25) is 0 Å². The van der Waals surface area contributed by atoms with Crippen molar-refractivity contribution < 1.29 is 23.4 Å². The maximum atomic E-state index is 13.5. The van der Waals surface area contributed by atoms with E-state index >= 15 is 0 Å². The molecule has 0 radical (unpaired) electrons. The third-order valence-corrected chi connectivity index (χ3v) is 8.98. The molecular weight excluding hydrogens is 350 g/mol. The van der Waals surface area contributed by atoms with Crippen molar-refractivity contribution in [1.82, 2.24) is 0 Å². The Morgan fingerprint density at radius 2 is 1.85 bits per heavy atom. The average Bonchev–Trinajstić information content (AvgIpc) is 2.93. The second-order valence-electron chi connectivity index (χ2n) is 10.0. The summed E-state index contributed by atoms with van der Waals surface area (Å²) in [6.07, 6.45) is 4.40. The predicted octanol–water partition coefficient (Wildman–Crippen LogP) is 5.08. The van der Waals surface area contributed by atoms with E-state index in [2.05, 4.69) is 6.92 Å². The first kappa shape index (κ1) is 19.4. The summed E-state index contributed by atoms with van der Waals surface area (Å²) in [5, 5.41) is 11.1. The van der Waals surface area contributed by atoms with Gasteiger partial charge in [0, 0.05) is 12.5 Å². The van der Waals surface area contributed by atoms with Crippen LogP contribution in [0.25, 0.3) is 0 Å². The van der Waals surface area contributed by atoms with Crippen LogP contribution >= 0.6 is 0 Å². The molecule has 0 spiro atoms. The van der Waals surface area contributed by atoms with Gasteiger partial charge >= 0.3 is 5.97 Å². The Bertz CT molecular complexity index is 658. The van der Waals surface area contributed by atoms with Crippen LogP contribution in [0, 0.1) is 34.5 Å². The molecule has 0 bridgehead atoms. The predicted molar refractivity (Wildman–Crippen MR) is 97.9 cm³/mol. The van der Waals surface area contributed by atoms with Crippen LogP contribution in [0.15, 0.2) is 11.7 Å². The van der Waals surface area contributed by atoms with E-state index in [-0.39, 0.29) is 29.3 Å². The molecule has 3 nitrogen and oxygen atoms in total. The van der Waals surface area contributed by atoms with E-state index in [9.17, 15) is 18.7 Å². The highest BCUT2D eigenvalue weighted by molar-refractivity contribution is 5.66. The molecule has 0 heterocycles. The van der Waals surface area contributed by atoms with E-state index in [1.807, 2.05) is 6.92 Å². The number of aliphatic hydroxyl groups is 1. The summed E-state index contributed by atoms with van der Waals surface area (Å²) in [7, 11) is 0. The van der Waals surface area contributed by atoms with E-state index in [0.29, 0.717) is 30.3 Å². The summed E-state index contributed by atoms with van der Waals surface area (Å²) in [5.41, 5.74) is 0.0193. The summed E-state index contributed by atoms with van der Waals surface area (Å²) < 4.78 is 32.6. The van der Waals surface area contributed by atoms with Crippen LogP contribution in [-0.2, 0) is 9.53 Å². The molecule has 0 aliphatic heterocycles. The van der Waals surface area contributed by atoms with Gasteiger partial charge in [-0.05, 0) is 85.9 Å². The van der Waals surface area contributed by atoms with Crippen LogP contribution in [0.2, 0.25) is 0 Å². The molecule has 27 heavy (non-hydrogen) atoms. The lowest BCUT2D eigenvalue weighted by atomic mass is 9.44. The Balaban J connectivity index is 1.61. The van der Waals surface area contributed by atoms with Gasteiger partial charge < -0.3 is 9.84 Å². The molecule has 0 amide bonds. The van der Waals surface area contributed by atoms with E-state index in [4.69, 9.17) is 4.74 Å². The highest BCUT2D eigenvalue weighted by Crippen LogP contribution is 2.67. The minimum absolute atomic E-state index is 0.0418. The number of halogens is 2. The van der Waals surface area contributed by atoms with E-state index in [1.165, 1.54) is 6.92 Å². The molecule has 152 valence electrons. The third kappa shape index (κ3) is 2.87. The molecule has 8 atom stereocenters. The van der Waals surface area contributed by atoms with Crippen molar-refractivity contribution in [3.05, 3.63) is 11.7 Å². The number of allylic oxidation sites excluding steroid dienone is 1. The smallest absolute Gasteiger partial charge is 0.302 e. The van der Waals surface area contributed by atoms with Crippen molar-refractivity contribution in [2.24, 2.45) is 34.5 Å². The molecule has 4 fully saturated rings. The molecule has 4 aliphatic carbocycles. The summed E-state index contributed by atoms with van der Waals surface area (Å²) >= 11 is 0. The number of aliphatic hydroxyl groups excluding tert-OH is 1. The summed E-state index contributed by atoms with van der Waals surface area (Å²) in [4.78, 5) is 11.4. The Hall–Kier alpha value is -0.970. The molecule has 5 unspecified atom stereocenters. The van der Waals surface area contributed by atoms with Gasteiger partial charge in [0.1, 0.15) is 6.10 Å². The molecular formula is C22H32F2O3. The number of hydrogen-bond donors (Lipinski definition) is 1. The van der Waals surface area contributed by atoms with Crippen LogP contribution in [0.3, 0.4) is 0 Å². The topological polar surface area (TPSA) is 46.5 Å². The van der Waals surface area contributed by atoms with E-state index in [1.54, 1.807) is 0 Å². The second-order valence-corrected chi connectivity index (χ2v) is 10.0. The number of fused-ring (bicyclic) bond motifs is 5. The Morgan fingerprint density at radius 3 is 2.52 bits per heavy atom. The molecule has 0 aromatic rings. The first-order valence-corrected chi connectivity index (χ1v) is 10.6. The second kappa shape index (κ2) is 6.53. The molecule has 4 saturated carbocycles. The quantitative estimate of drug-likeness (QED) is 0.643. The van der Waals surface area contributed by atoms with Crippen LogP contribution in [0.4, 0.5) is 8.78 Å². The van der Waals surface area contributed by atoms with Crippen molar-refractivity contribution in [2.75, 3.05) is 0 Å². The Labute approximate surface area is 160 Å². The van der Waals surface area contributed by atoms with Gasteiger partial charge in [-0.25, -0.2) is 0 Å². The SMILES string of the molecule is CC(=O)O[C@H]1CC[C@@]2(C)C(CC(O)C3C2CC[C@]2(C)C(=C(F)F)CCC32)C1. The van der Waals surface area contributed by atoms with Crippen molar-refractivity contribution in [2.45, 2.75) is 84.3 Å². The number of carbonyl (C=O) groups excluding carboxylic acids is 1. The van der Waals surface area contributed by atoms with Crippen molar-refractivity contribution in [3.8, 4) is 0 Å². The summed E-state index contributed by atoms with van der Waals surface area (Å²) in [6.45, 7) is 5.81. The minimum atomic E-state index is -1.49. The van der Waals surface area contributed by atoms with Gasteiger partial charge in [-0.1, -0.05) is 13.8 Å². The number of esters is 1. The van der Waals surface area contributed by atoms with Gasteiger partial charge in [-0.3, -0.25) is 4.79 Å². The normalized spacial score (nSPS) is 49.0. The maximum absolute atomic E-state index is 13.5. The zero-order valence-electron chi connectivity index (χ0n) is 16.6. The summed E-state index contributed by atoms with van der Waals surface area (Å²) in [6, 6.07) is 0. The maximum Gasteiger partial charge on any atom is 0.302 e. The lowest BCUT2D eigenvalue weighted by molar-refractivity contribution is -0.176. The Morgan fingerprint density at radius 1 is 1.11 bits per heavy atom. The molecule has 0 aromatic carbocycles. The zero-order valence-corrected chi connectivity index (χ0v) is 16.6. The minimum Gasteiger partial charge on any atom is -0.463 e. The molecule has 4 aliphatic rings. The van der Waals surface area contributed by atoms with Crippen molar-refractivity contribution in [3.63, 3.8) is 0 Å². The fourth-order valence-corrected chi connectivity index (χ4v) is 7.65. The van der Waals surface area contributed by atoms with Crippen molar-refractivity contribution >= 4 is 5.97 Å². The lowest BCUT2D eigenvalue weighted by Gasteiger charge is -2.61. The fourth-order valence-electron chi connectivity index (χ4n) is 7.65. The highest BCUT2D eigenvalue weighted by atomic mass is 19.3. The van der Waals surface area contributed by atoms with E-state index < -0.39 is 17.6 Å². The number of rotatable bonds is 1. The third-order valence-electron chi connectivity index (χ3n) is 8.98. The highest BCUT2D eigenvalue weighted by Gasteiger charge is 2.62. The first-order chi connectivity index (χ1) is 12.7. The monoisotopic (exact) mass is 382 g/mol. The molecule has 0 aromatic heterocycles. The molecule has 0 saturated heterocycles. The van der Waals surface area contributed by atoms with Crippen LogP contribution in [0.5, 0.6) is 0 Å². The summed E-state index contributed by atoms with van der Waals surface area (Å²) in [5.74, 6) is 0.763. The molecule has 1 N–H and O–H groups in total. The Kier molecular flexibility index (Phi) is 4.68. The standard InChI is InChI=1S/C22H32F2O3/c1-12(25)27-14-6-8-21(2)13(10-14)11-18(26)19-15-4-5-17(20(23)24)22(15,3)9-7-16(19)21/h13-16,18-19,26H,4-11H2,1-3H3/t13?,14-,15?,16?,18?,19?,21-,22-/m0/s1.